The summed E-state index contributed by atoms with van der Waals surface area (Å²) in [4.78, 5) is 54.9. The Labute approximate surface area is 319 Å². The number of amides is 4. The molecule has 4 heterocycles. The molecule has 3 aromatic rings. The highest BCUT2D eigenvalue weighted by atomic mass is 32.2. The first-order valence-electron chi connectivity index (χ1n) is 18.4. The molecule has 4 atom stereocenters. The van der Waals surface area contributed by atoms with Crippen LogP contribution >= 0.6 is 11.3 Å². The van der Waals surface area contributed by atoms with Crippen LogP contribution in [0.25, 0.3) is 22.3 Å². The average molecular weight is 781 g/mol. The number of aromatic nitrogens is 2. The van der Waals surface area contributed by atoms with Crippen LogP contribution in [0.2, 0.25) is 0 Å². The van der Waals surface area contributed by atoms with Crippen LogP contribution in [-0.2, 0) is 19.6 Å². The van der Waals surface area contributed by atoms with E-state index in [2.05, 4.69) is 23.9 Å². The summed E-state index contributed by atoms with van der Waals surface area (Å²) in [6.07, 6.45) is 6.84. The minimum Gasteiger partial charge on any atom is -0.497 e. The van der Waals surface area contributed by atoms with Gasteiger partial charge in [0.05, 0.1) is 52.8 Å². The minimum absolute atomic E-state index is 0.0243. The lowest BCUT2D eigenvalue weighted by Gasteiger charge is -2.30. The Balaban J connectivity index is 1.22. The number of carbonyl (C=O) groups excluding carboxylic acids is 3. The third-order valence-corrected chi connectivity index (χ3v) is 14.4. The number of methoxy groups -OCH3 is 2. The standard InChI is InChI=1S/C38H48N6O8S2/c1-22(2)33-40-28(21-53-33)26-18-31(32-27(39-26)15-24(50-5)17-30(32)51-6)52-25-16-29-34(45)43(4)14-10-8-7-9-11-23-19-38(23,41-36(47)44(29)20-25)35(46)42-54(48,49)37(3)12-13-37/h9,11,15,17-18,21-23,25,29H,7-8,10,12-14,16,19-20H2,1-6H3,(H,41,47)(H,42,46)/b11-9-/t23-,25+,29+,38-/m1/s1. The summed E-state index contributed by atoms with van der Waals surface area (Å²) in [5.74, 6) is 0.284. The van der Waals surface area contributed by atoms with Crippen molar-refractivity contribution in [2.45, 2.75) is 94.1 Å². The van der Waals surface area contributed by atoms with Crippen molar-refractivity contribution < 1.29 is 37.0 Å². The topological polar surface area (TPSA) is 169 Å². The van der Waals surface area contributed by atoms with Crippen molar-refractivity contribution in [2.24, 2.45) is 5.92 Å². The van der Waals surface area contributed by atoms with Crippen molar-refractivity contribution in [3.63, 3.8) is 0 Å². The second-order valence-corrected chi connectivity index (χ2v) is 18.5. The normalized spacial score (nSPS) is 26.0. The predicted molar refractivity (Wildman–Crippen MR) is 204 cm³/mol. The minimum atomic E-state index is -3.95. The van der Waals surface area contributed by atoms with Gasteiger partial charge in [-0.25, -0.2) is 23.2 Å². The molecule has 0 radical (unpaired) electrons. The Kier molecular flexibility index (Phi) is 10.0. The number of likely N-dealkylation sites (N-methyl/N-ethyl adjacent to an activating group) is 1. The molecular weight excluding hydrogens is 733 g/mol. The molecule has 2 aromatic heterocycles. The summed E-state index contributed by atoms with van der Waals surface area (Å²) in [5.41, 5.74) is 0.349. The van der Waals surface area contributed by atoms with E-state index in [1.807, 2.05) is 17.5 Å². The van der Waals surface area contributed by atoms with Gasteiger partial charge in [0, 0.05) is 55.4 Å². The van der Waals surface area contributed by atoms with E-state index in [4.69, 9.17) is 24.2 Å². The maximum atomic E-state index is 14.3. The maximum absolute atomic E-state index is 14.3. The molecule has 4 amide bonds. The Morgan fingerprint density at radius 2 is 1.85 bits per heavy atom. The van der Waals surface area contributed by atoms with Crippen molar-refractivity contribution in [3.8, 4) is 28.6 Å². The fourth-order valence-corrected chi connectivity index (χ4v) is 9.37. The molecule has 1 saturated heterocycles. The Morgan fingerprint density at radius 1 is 1.07 bits per heavy atom. The first-order chi connectivity index (χ1) is 25.7. The van der Waals surface area contributed by atoms with Gasteiger partial charge in [0.15, 0.2) is 0 Å². The summed E-state index contributed by atoms with van der Waals surface area (Å²) in [6, 6.07) is 3.80. The molecule has 290 valence electrons. The third kappa shape index (κ3) is 7.09. The van der Waals surface area contributed by atoms with Crippen LogP contribution in [0.15, 0.2) is 35.7 Å². The van der Waals surface area contributed by atoms with E-state index in [0.29, 0.717) is 58.9 Å². The molecule has 4 aliphatic rings. The number of ether oxygens (including phenoxy) is 3. The second-order valence-electron chi connectivity index (χ2n) is 15.4. The van der Waals surface area contributed by atoms with E-state index >= 15 is 0 Å². The van der Waals surface area contributed by atoms with Crippen molar-refractivity contribution in [3.05, 3.63) is 40.7 Å². The Bertz CT molecular complexity index is 2110. The number of nitrogens with zero attached hydrogens (tertiary/aromatic N) is 4. The van der Waals surface area contributed by atoms with Crippen LogP contribution in [0.4, 0.5) is 4.79 Å². The number of fused-ring (bicyclic) bond motifs is 3. The van der Waals surface area contributed by atoms with Crippen LogP contribution in [0, 0.1) is 5.92 Å². The zero-order valence-electron chi connectivity index (χ0n) is 31.5. The molecule has 0 bridgehead atoms. The van der Waals surface area contributed by atoms with Gasteiger partial charge in [-0.1, -0.05) is 26.0 Å². The number of hydrogen-bond acceptors (Lipinski definition) is 11. The molecular formula is C38H48N6O8S2. The average Bonchev–Trinajstić information content (AvgIpc) is 3.91. The molecule has 54 heavy (non-hydrogen) atoms. The van der Waals surface area contributed by atoms with Crippen LogP contribution in [0.1, 0.15) is 76.6 Å². The van der Waals surface area contributed by atoms with Gasteiger partial charge in [-0.05, 0) is 45.4 Å². The first kappa shape index (κ1) is 37.9. The van der Waals surface area contributed by atoms with Crippen molar-refractivity contribution >= 4 is 50.1 Å². The Morgan fingerprint density at radius 3 is 2.54 bits per heavy atom. The van der Waals surface area contributed by atoms with Gasteiger partial charge >= 0.3 is 6.03 Å². The lowest BCUT2D eigenvalue weighted by molar-refractivity contribution is -0.134. The molecule has 2 saturated carbocycles. The number of pyridine rings is 1. The monoisotopic (exact) mass is 780 g/mol. The molecule has 7 rings (SSSR count). The van der Waals surface area contributed by atoms with Gasteiger partial charge in [-0.15, -0.1) is 11.3 Å². The molecule has 16 heteroatoms. The predicted octanol–water partition coefficient (Wildman–Crippen LogP) is 4.99. The first-order valence-corrected chi connectivity index (χ1v) is 20.8. The van der Waals surface area contributed by atoms with Crippen LogP contribution in [0.5, 0.6) is 17.2 Å². The zero-order chi connectivity index (χ0) is 38.6. The van der Waals surface area contributed by atoms with Crippen molar-refractivity contribution in [1.29, 1.82) is 0 Å². The summed E-state index contributed by atoms with van der Waals surface area (Å²) >= 11 is 1.55. The smallest absolute Gasteiger partial charge is 0.319 e. The number of benzene rings is 1. The zero-order valence-corrected chi connectivity index (χ0v) is 33.1. The van der Waals surface area contributed by atoms with Crippen LogP contribution in [0.3, 0.4) is 0 Å². The van der Waals surface area contributed by atoms with Gasteiger partial charge in [0.2, 0.25) is 15.9 Å². The fraction of sp³-hybridized carbons (Fsp3) is 0.553. The summed E-state index contributed by atoms with van der Waals surface area (Å²) in [7, 11) is 0.885. The molecule has 0 spiro atoms. The van der Waals surface area contributed by atoms with E-state index < -0.39 is 50.3 Å². The highest BCUT2D eigenvalue weighted by molar-refractivity contribution is 7.91. The van der Waals surface area contributed by atoms with Gasteiger partial charge < -0.3 is 29.3 Å². The van der Waals surface area contributed by atoms with Gasteiger partial charge in [0.25, 0.3) is 5.91 Å². The number of thiazole rings is 1. The van der Waals surface area contributed by atoms with Crippen LogP contribution in [-0.4, -0.2) is 103 Å². The number of urea groups is 1. The van der Waals surface area contributed by atoms with E-state index in [0.717, 1.165) is 24.3 Å². The molecule has 3 fully saturated rings. The number of nitrogens with one attached hydrogen (secondary N) is 2. The van der Waals surface area contributed by atoms with E-state index in [9.17, 15) is 22.8 Å². The van der Waals surface area contributed by atoms with Gasteiger partial charge in [-0.3, -0.25) is 14.3 Å². The summed E-state index contributed by atoms with van der Waals surface area (Å²) < 4.78 is 45.6. The van der Waals surface area contributed by atoms with Gasteiger partial charge in [0.1, 0.15) is 34.9 Å². The van der Waals surface area contributed by atoms with Crippen LogP contribution < -0.4 is 24.2 Å². The lowest BCUT2D eigenvalue weighted by Crippen LogP contribution is -2.58. The largest absolute Gasteiger partial charge is 0.497 e. The molecule has 2 aliphatic heterocycles. The molecule has 2 N–H and O–H groups in total. The number of carbonyl (C=O) groups is 3. The number of rotatable bonds is 9. The number of sulfonamides is 1. The molecule has 14 nitrogen and oxygen atoms in total. The fourth-order valence-electron chi connectivity index (χ4n) is 7.23. The SMILES string of the molecule is COc1cc(OC)c2c(O[C@H]3C[C@H]4C(=O)N(C)CCCC/C=C\[C@@H]5C[C@@]5(C(=O)NS(=O)(=O)C5(C)CC5)NC(=O)N4C3)cc(-c3csc(C(C)C)n3)nc2c1. The molecule has 0 unspecified atom stereocenters. The number of allylic oxidation sites excluding steroid dienone is 1. The van der Waals surface area contributed by atoms with E-state index in [-0.39, 0.29) is 31.2 Å². The van der Waals surface area contributed by atoms with Crippen molar-refractivity contribution in [1.82, 2.24) is 29.8 Å². The molecule has 1 aromatic carbocycles. The third-order valence-electron chi connectivity index (χ3n) is 11.1. The summed E-state index contributed by atoms with van der Waals surface area (Å²) in [5, 5.41) is 6.41. The molecule has 2 aliphatic carbocycles. The Hall–Kier alpha value is -4.44. The van der Waals surface area contributed by atoms with Gasteiger partial charge in [-0.2, -0.15) is 0 Å². The quantitative estimate of drug-likeness (QED) is 0.283. The summed E-state index contributed by atoms with van der Waals surface area (Å²) in [6.45, 7) is 6.30. The van der Waals surface area contributed by atoms with E-state index in [1.54, 1.807) is 62.6 Å². The van der Waals surface area contributed by atoms with E-state index in [1.165, 1.54) is 4.90 Å². The lowest BCUT2D eigenvalue weighted by atomic mass is 10.1. The highest BCUT2D eigenvalue weighted by Gasteiger charge is 2.63. The second kappa shape index (κ2) is 14.3. The van der Waals surface area contributed by atoms with Crippen molar-refractivity contribution in [2.75, 3.05) is 34.4 Å². The number of hydrogen-bond donors (Lipinski definition) is 2. The maximum Gasteiger partial charge on any atom is 0.319 e. The highest BCUT2D eigenvalue weighted by Crippen LogP contribution is 2.48.